The van der Waals surface area contributed by atoms with Gasteiger partial charge in [0, 0.05) is 17.7 Å². The van der Waals surface area contributed by atoms with E-state index in [0.717, 1.165) is 24.3 Å². The van der Waals surface area contributed by atoms with Crippen LogP contribution in [0.1, 0.15) is 0 Å². The molecule has 4 aliphatic rings. The van der Waals surface area contributed by atoms with Gasteiger partial charge in [0.15, 0.2) is 34.2 Å². The summed E-state index contributed by atoms with van der Waals surface area (Å²) in [5.41, 5.74) is -1.05. The molecule has 3 heterocycles. The van der Waals surface area contributed by atoms with Gasteiger partial charge in [-0.25, -0.2) is 0 Å². The number of phenols is 3. The van der Waals surface area contributed by atoms with Crippen molar-refractivity contribution >= 4 is 0 Å². The van der Waals surface area contributed by atoms with E-state index in [0.29, 0.717) is 0 Å². The van der Waals surface area contributed by atoms with Gasteiger partial charge in [-0.1, -0.05) is 0 Å². The lowest BCUT2D eigenvalue weighted by Gasteiger charge is -2.39. The van der Waals surface area contributed by atoms with Crippen LogP contribution in [0.25, 0.3) is 22.6 Å². The van der Waals surface area contributed by atoms with Crippen molar-refractivity contribution in [3.05, 3.63) is 40.6 Å². The number of phenolic OH excluding ortho intramolecular Hbond substituents is 3. The number of fused-ring (bicyclic) bond motifs is 1. The second-order valence-electron chi connectivity index (χ2n) is 10.3. The average Bonchev–Trinajstić information content (AvgIpc) is 3.00. The average molecular weight is 627 g/mol. The molecule has 2 fully saturated rings. The minimum atomic E-state index is -1.86. The topological polar surface area (TPSA) is 290 Å². The summed E-state index contributed by atoms with van der Waals surface area (Å²) < 4.78 is 27.8. The lowest BCUT2D eigenvalue weighted by Crippen LogP contribution is -2.60. The van der Waals surface area contributed by atoms with Gasteiger partial charge in [0.25, 0.3) is 0 Å². The molecular formula is C27H30O17. The first-order chi connectivity index (χ1) is 20.8. The van der Waals surface area contributed by atoms with Crippen molar-refractivity contribution in [1.82, 2.24) is 0 Å². The summed E-state index contributed by atoms with van der Waals surface area (Å²) in [5, 5.41) is 110. The van der Waals surface area contributed by atoms with Gasteiger partial charge in [0.05, 0.1) is 18.8 Å². The van der Waals surface area contributed by atoms with Crippen LogP contribution in [0.4, 0.5) is 0 Å². The molecule has 0 amide bonds. The number of benzene rings is 2. The largest absolute Gasteiger partial charge is 0.504 e. The summed E-state index contributed by atoms with van der Waals surface area (Å²) in [6.07, 6.45) is -16.6. The maximum Gasteiger partial charge on any atom is 0.229 e. The maximum atomic E-state index is 13.1. The van der Waals surface area contributed by atoms with Crippen LogP contribution in [-0.4, -0.2) is 131 Å². The van der Waals surface area contributed by atoms with Crippen molar-refractivity contribution in [1.29, 1.82) is 0 Å². The molecule has 1 aromatic carbocycles. The van der Waals surface area contributed by atoms with Gasteiger partial charge in [-0.05, 0) is 18.2 Å². The van der Waals surface area contributed by atoms with Crippen molar-refractivity contribution in [2.75, 3.05) is 13.2 Å². The van der Waals surface area contributed by atoms with E-state index in [2.05, 4.69) is 0 Å². The Kier molecular flexibility index (Phi) is 8.87. The van der Waals surface area contributed by atoms with E-state index in [-0.39, 0.29) is 34.1 Å². The molecule has 0 saturated carbocycles. The molecule has 2 saturated heterocycles. The second kappa shape index (κ2) is 12.3. The Morgan fingerprint density at radius 2 is 1.18 bits per heavy atom. The van der Waals surface area contributed by atoms with E-state index in [4.69, 9.17) is 23.4 Å². The Balaban J connectivity index is 1.58. The predicted octanol–water partition coefficient (Wildman–Crippen LogP) is -3.11. The van der Waals surface area contributed by atoms with Crippen molar-refractivity contribution in [3.63, 3.8) is 0 Å². The number of hydrogen-bond acceptors (Lipinski definition) is 17. The highest BCUT2D eigenvalue weighted by molar-refractivity contribution is 5.75. The third-order valence-corrected chi connectivity index (χ3v) is 7.31. The minimum Gasteiger partial charge on any atom is -0.504 e. The lowest BCUT2D eigenvalue weighted by atomic mass is 9.99. The van der Waals surface area contributed by atoms with Crippen molar-refractivity contribution in [3.8, 4) is 51.4 Å². The molecule has 44 heavy (non-hydrogen) atoms. The molecule has 0 unspecified atom stereocenters. The molecule has 5 rings (SSSR count). The summed E-state index contributed by atoms with van der Waals surface area (Å²) in [6.45, 7) is -1.49. The van der Waals surface area contributed by atoms with Gasteiger partial charge in [0.2, 0.25) is 12.6 Å². The van der Waals surface area contributed by atoms with Crippen molar-refractivity contribution in [2.24, 2.45) is 0 Å². The fraction of sp³-hybridized carbons (Fsp3) is 0.444. The zero-order valence-corrected chi connectivity index (χ0v) is 22.4. The highest BCUT2D eigenvalue weighted by atomic mass is 16.7. The number of aliphatic hydroxyl groups is 8. The zero-order chi connectivity index (χ0) is 32.0. The monoisotopic (exact) mass is 626 g/mol. The Hall–Kier alpha value is -3.75. The fourth-order valence-electron chi connectivity index (χ4n) is 4.84. The van der Waals surface area contributed by atoms with E-state index in [1.54, 1.807) is 0 Å². The first kappa shape index (κ1) is 31.7. The quantitative estimate of drug-likeness (QED) is 0.116. The van der Waals surface area contributed by atoms with Gasteiger partial charge in [-0.15, -0.1) is 0 Å². The van der Waals surface area contributed by atoms with Crippen LogP contribution >= 0.6 is 0 Å². The Morgan fingerprint density at radius 3 is 1.70 bits per heavy atom. The number of aromatic hydroxyl groups is 3. The minimum absolute atomic E-state index is 0.132. The van der Waals surface area contributed by atoms with E-state index in [1.807, 2.05) is 0 Å². The van der Waals surface area contributed by atoms with E-state index in [1.165, 1.54) is 6.07 Å². The maximum absolute atomic E-state index is 13.1. The lowest BCUT2D eigenvalue weighted by molar-refractivity contribution is -0.277. The van der Waals surface area contributed by atoms with Gasteiger partial charge in [0.1, 0.15) is 60.3 Å². The first-order valence-corrected chi connectivity index (χ1v) is 13.2. The highest BCUT2D eigenvalue weighted by Crippen LogP contribution is 2.44. The number of ether oxygens (including phenoxy) is 4. The molecular weight excluding hydrogens is 596 g/mol. The Bertz CT molecular complexity index is 1480. The molecule has 0 aromatic heterocycles. The van der Waals surface area contributed by atoms with Crippen LogP contribution in [0.3, 0.4) is 0 Å². The summed E-state index contributed by atoms with van der Waals surface area (Å²) in [7, 11) is 0. The molecule has 1 aromatic rings. The third kappa shape index (κ3) is 5.73. The van der Waals surface area contributed by atoms with Crippen LogP contribution in [0, 0.1) is 0 Å². The van der Waals surface area contributed by atoms with Crippen LogP contribution in [-0.2, 0) is 9.47 Å². The van der Waals surface area contributed by atoms with Crippen LogP contribution < -0.4 is 14.9 Å². The Morgan fingerprint density at radius 1 is 0.659 bits per heavy atom. The molecule has 1 aliphatic carbocycles. The predicted molar refractivity (Wildman–Crippen MR) is 141 cm³/mol. The molecule has 10 atom stereocenters. The zero-order valence-electron chi connectivity index (χ0n) is 22.4. The van der Waals surface area contributed by atoms with Gasteiger partial charge in [-0.3, -0.25) is 4.79 Å². The second-order valence-corrected chi connectivity index (χ2v) is 10.3. The van der Waals surface area contributed by atoms with E-state index in [9.17, 15) is 61.0 Å². The molecule has 17 heteroatoms. The normalized spacial score (nSPS) is 32.5. The molecule has 240 valence electrons. The molecule has 3 aliphatic heterocycles. The van der Waals surface area contributed by atoms with Gasteiger partial charge in [-0.2, -0.15) is 0 Å². The molecule has 0 spiro atoms. The summed E-state index contributed by atoms with van der Waals surface area (Å²) >= 11 is 0. The third-order valence-electron chi connectivity index (χ3n) is 7.31. The SMILES string of the molecule is O=c1cc(O[C@@H]2O[C@H](CO)[C@@H](O)[C@H](O)[C@H]2O)cc2oc(-c3cc(O)c(O)c(O)c3)c(O[C@@H]3O[C@H](CO)[C@@H](O)[C@H](O)[C@H]3O)cc1-2. The van der Waals surface area contributed by atoms with Crippen LogP contribution in [0.15, 0.2) is 39.5 Å². The Labute approximate surface area is 246 Å². The van der Waals surface area contributed by atoms with Crippen molar-refractivity contribution < 1.29 is 79.5 Å². The first-order valence-electron chi connectivity index (χ1n) is 13.2. The van der Waals surface area contributed by atoms with Gasteiger partial charge >= 0.3 is 0 Å². The highest BCUT2D eigenvalue weighted by Gasteiger charge is 2.46. The molecule has 11 N–H and O–H groups in total. The number of rotatable bonds is 7. The summed E-state index contributed by atoms with van der Waals surface area (Å²) in [4.78, 5) is 13.1. The standard InChI is InChI=1S/C27H30O17/c28-6-16-19(34)21(36)23(38)26(43-16)40-9-3-11(30)10-5-15(42-27-24(39)22(37)20(35)17(7-29)44-27)25(41-14(10)4-9)8-1-12(31)18(33)13(32)2-8/h1-5,16-17,19-24,26-29,31-39H,6-7H2/t16-,17-,19-,20-,21+,22+,23-,24-,26-,27-/m1/s1. The van der Waals surface area contributed by atoms with E-state index < -0.39 is 97.3 Å². The molecule has 17 nitrogen and oxygen atoms in total. The van der Waals surface area contributed by atoms with Gasteiger partial charge < -0.3 is 79.5 Å². The van der Waals surface area contributed by atoms with E-state index >= 15 is 0 Å². The molecule has 0 radical (unpaired) electrons. The number of hydrogen-bond donors (Lipinski definition) is 11. The van der Waals surface area contributed by atoms with Crippen LogP contribution in [0.5, 0.6) is 28.7 Å². The fourth-order valence-corrected chi connectivity index (χ4v) is 4.84. The molecule has 0 bridgehead atoms. The van der Waals surface area contributed by atoms with Crippen molar-refractivity contribution in [2.45, 2.75) is 61.4 Å². The smallest absolute Gasteiger partial charge is 0.229 e. The summed E-state index contributed by atoms with van der Waals surface area (Å²) in [5.74, 6) is -3.56. The number of aliphatic hydroxyl groups excluding tert-OH is 8. The van der Waals surface area contributed by atoms with Crippen LogP contribution in [0.2, 0.25) is 0 Å². The summed E-state index contributed by atoms with van der Waals surface area (Å²) in [6, 6.07) is 5.17.